The molecule has 0 aliphatic heterocycles. The lowest BCUT2D eigenvalue weighted by Gasteiger charge is -2.06. The van der Waals surface area contributed by atoms with Crippen LogP contribution in [0.4, 0.5) is 11.5 Å². The van der Waals surface area contributed by atoms with Crippen molar-refractivity contribution in [3.8, 4) is 5.88 Å². The van der Waals surface area contributed by atoms with Crippen LogP contribution in [0.15, 0.2) is 6.33 Å². The molecule has 1 aromatic heterocycles. The average molecular weight is 238 g/mol. The van der Waals surface area contributed by atoms with Gasteiger partial charge >= 0.3 is 5.69 Å². The summed E-state index contributed by atoms with van der Waals surface area (Å²) in [5, 5.41) is 13.6. The minimum absolute atomic E-state index is 0.0370. The molecule has 7 nitrogen and oxygen atoms in total. The number of ether oxygens (including phenoxy) is 1. The van der Waals surface area contributed by atoms with Gasteiger partial charge in [-0.05, 0) is 12.3 Å². The van der Waals surface area contributed by atoms with E-state index < -0.39 is 4.92 Å². The summed E-state index contributed by atoms with van der Waals surface area (Å²) in [6.45, 7) is 0.464. The van der Waals surface area contributed by atoms with Crippen LogP contribution in [-0.4, -0.2) is 28.5 Å². The predicted molar refractivity (Wildman–Crippen MR) is 61.1 cm³/mol. The second-order valence-corrected chi connectivity index (χ2v) is 3.96. The van der Waals surface area contributed by atoms with Crippen LogP contribution in [0.3, 0.4) is 0 Å². The third-order valence-electron chi connectivity index (χ3n) is 2.67. The summed E-state index contributed by atoms with van der Waals surface area (Å²) in [4.78, 5) is 18.0. The highest BCUT2D eigenvalue weighted by Gasteiger charge is 2.25. The van der Waals surface area contributed by atoms with Crippen LogP contribution in [0, 0.1) is 16.0 Å². The van der Waals surface area contributed by atoms with Gasteiger partial charge in [0.25, 0.3) is 5.88 Å². The van der Waals surface area contributed by atoms with Gasteiger partial charge in [-0.25, -0.2) is 4.98 Å². The van der Waals surface area contributed by atoms with Crippen LogP contribution in [-0.2, 0) is 0 Å². The third-order valence-corrected chi connectivity index (χ3v) is 2.67. The lowest BCUT2D eigenvalue weighted by molar-refractivity contribution is -0.385. The molecule has 0 saturated heterocycles. The Labute approximate surface area is 98.4 Å². The number of aromatic nitrogens is 2. The molecule has 1 N–H and O–H groups in total. The van der Waals surface area contributed by atoms with Gasteiger partial charge in [-0.15, -0.1) is 0 Å². The van der Waals surface area contributed by atoms with Gasteiger partial charge in [0, 0.05) is 7.05 Å². The summed E-state index contributed by atoms with van der Waals surface area (Å²) in [6.07, 6.45) is 4.65. The standard InChI is InChI=1S/C10H14N4O3/c1-11-9-8(14(15)16)10(13-6-12-9)17-5-4-7-2-3-7/h6-7H,2-5H2,1H3,(H,11,12,13). The van der Waals surface area contributed by atoms with E-state index in [1.54, 1.807) is 7.05 Å². The van der Waals surface area contributed by atoms with Gasteiger partial charge in [-0.2, -0.15) is 4.98 Å². The monoisotopic (exact) mass is 238 g/mol. The molecule has 0 amide bonds. The SMILES string of the molecule is CNc1ncnc(OCCC2CC2)c1[N+](=O)[O-]. The van der Waals surface area contributed by atoms with E-state index >= 15 is 0 Å². The molecule has 0 spiro atoms. The van der Waals surface area contributed by atoms with Crippen molar-refractivity contribution in [3.05, 3.63) is 16.4 Å². The molecule has 7 heteroatoms. The van der Waals surface area contributed by atoms with Crippen LogP contribution in [0.25, 0.3) is 0 Å². The second-order valence-electron chi connectivity index (χ2n) is 3.96. The fraction of sp³-hybridized carbons (Fsp3) is 0.600. The number of hydrogen-bond acceptors (Lipinski definition) is 6. The molecular formula is C10H14N4O3. The Morgan fingerprint density at radius 2 is 2.35 bits per heavy atom. The molecule has 0 aromatic carbocycles. The Hall–Kier alpha value is -1.92. The largest absolute Gasteiger partial charge is 0.473 e. The van der Waals surface area contributed by atoms with Gasteiger partial charge in [0.1, 0.15) is 6.33 Å². The highest BCUT2D eigenvalue weighted by atomic mass is 16.6. The minimum Gasteiger partial charge on any atom is -0.473 e. The lowest BCUT2D eigenvalue weighted by Crippen LogP contribution is -2.06. The minimum atomic E-state index is -0.529. The molecule has 0 bridgehead atoms. The van der Waals surface area contributed by atoms with Gasteiger partial charge in [0.15, 0.2) is 0 Å². The maximum atomic E-state index is 10.9. The first-order valence-corrected chi connectivity index (χ1v) is 5.52. The third kappa shape index (κ3) is 2.80. The Morgan fingerprint density at radius 1 is 1.59 bits per heavy atom. The van der Waals surface area contributed by atoms with Crippen LogP contribution in [0.5, 0.6) is 5.88 Å². The van der Waals surface area contributed by atoms with Crippen LogP contribution in [0.1, 0.15) is 19.3 Å². The maximum absolute atomic E-state index is 10.9. The molecule has 1 heterocycles. The maximum Gasteiger partial charge on any atom is 0.372 e. The lowest BCUT2D eigenvalue weighted by atomic mass is 10.3. The first kappa shape index (κ1) is 11.6. The van der Waals surface area contributed by atoms with E-state index in [4.69, 9.17) is 4.74 Å². The molecule has 1 saturated carbocycles. The second kappa shape index (κ2) is 4.94. The first-order chi connectivity index (χ1) is 8.22. The van der Waals surface area contributed by atoms with Crippen molar-refractivity contribution in [1.82, 2.24) is 9.97 Å². The zero-order valence-electron chi connectivity index (χ0n) is 9.55. The fourth-order valence-corrected chi connectivity index (χ4v) is 1.54. The number of nitro groups is 1. The zero-order valence-corrected chi connectivity index (χ0v) is 9.55. The zero-order chi connectivity index (χ0) is 12.3. The number of rotatable bonds is 6. The number of anilines is 1. The van der Waals surface area contributed by atoms with E-state index in [9.17, 15) is 10.1 Å². The van der Waals surface area contributed by atoms with Crippen molar-refractivity contribution >= 4 is 11.5 Å². The number of nitrogens with one attached hydrogen (secondary N) is 1. The van der Waals surface area contributed by atoms with E-state index in [0.29, 0.717) is 6.61 Å². The van der Waals surface area contributed by atoms with E-state index in [-0.39, 0.29) is 17.4 Å². The molecule has 17 heavy (non-hydrogen) atoms. The van der Waals surface area contributed by atoms with Crippen molar-refractivity contribution in [3.63, 3.8) is 0 Å². The summed E-state index contributed by atoms with van der Waals surface area (Å²) in [5.41, 5.74) is -0.203. The molecule has 1 aromatic rings. The Morgan fingerprint density at radius 3 is 2.94 bits per heavy atom. The first-order valence-electron chi connectivity index (χ1n) is 5.52. The van der Waals surface area contributed by atoms with Crippen molar-refractivity contribution in [1.29, 1.82) is 0 Å². The molecule has 1 aliphatic rings. The Bertz CT molecular complexity index is 420. The van der Waals surface area contributed by atoms with Gasteiger partial charge in [-0.3, -0.25) is 10.1 Å². The molecule has 1 aliphatic carbocycles. The van der Waals surface area contributed by atoms with E-state index in [0.717, 1.165) is 12.3 Å². The predicted octanol–water partition coefficient (Wildman–Crippen LogP) is 1.61. The van der Waals surface area contributed by atoms with E-state index in [2.05, 4.69) is 15.3 Å². The van der Waals surface area contributed by atoms with Crippen molar-refractivity contribution in [2.75, 3.05) is 19.0 Å². The van der Waals surface area contributed by atoms with Gasteiger partial charge in [0.2, 0.25) is 5.82 Å². The molecule has 92 valence electrons. The van der Waals surface area contributed by atoms with E-state index in [1.807, 2.05) is 0 Å². The quantitative estimate of drug-likeness (QED) is 0.598. The summed E-state index contributed by atoms with van der Waals surface area (Å²) >= 11 is 0. The van der Waals surface area contributed by atoms with Crippen LogP contribution in [0.2, 0.25) is 0 Å². The van der Waals surface area contributed by atoms with E-state index in [1.165, 1.54) is 19.2 Å². The summed E-state index contributed by atoms with van der Waals surface area (Å²) in [7, 11) is 1.57. The number of nitrogens with zero attached hydrogens (tertiary/aromatic N) is 3. The summed E-state index contributed by atoms with van der Waals surface area (Å²) in [6, 6.07) is 0. The molecule has 2 rings (SSSR count). The summed E-state index contributed by atoms with van der Waals surface area (Å²) < 4.78 is 5.36. The van der Waals surface area contributed by atoms with Gasteiger partial charge in [-0.1, -0.05) is 12.8 Å². The average Bonchev–Trinajstić information content (AvgIpc) is 3.12. The topological polar surface area (TPSA) is 90.2 Å². The van der Waals surface area contributed by atoms with Crippen LogP contribution >= 0.6 is 0 Å². The number of hydrogen-bond donors (Lipinski definition) is 1. The van der Waals surface area contributed by atoms with Gasteiger partial charge < -0.3 is 10.1 Å². The van der Waals surface area contributed by atoms with Crippen molar-refractivity contribution in [2.24, 2.45) is 5.92 Å². The Balaban J connectivity index is 2.09. The summed E-state index contributed by atoms with van der Waals surface area (Å²) in [5.74, 6) is 0.932. The molecule has 1 fully saturated rings. The fourth-order valence-electron chi connectivity index (χ4n) is 1.54. The molecular weight excluding hydrogens is 224 g/mol. The normalized spacial score (nSPS) is 14.4. The highest BCUT2D eigenvalue weighted by Crippen LogP contribution is 2.34. The van der Waals surface area contributed by atoms with Crippen molar-refractivity contribution < 1.29 is 9.66 Å². The molecule has 0 atom stereocenters. The smallest absolute Gasteiger partial charge is 0.372 e. The molecule has 0 unspecified atom stereocenters. The Kier molecular flexibility index (Phi) is 3.36. The van der Waals surface area contributed by atoms with Gasteiger partial charge in [0.05, 0.1) is 11.5 Å². The van der Waals surface area contributed by atoms with Crippen molar-refractivity contribution in [2.45, 2.75) is 19.3 Å². The van der Waals surface area contributed by atoms with Crippen LogP contribution < -0.4 is 10.1 Å². The molecule has 0 radical (unpaired) electrons. The highest BCUT2D eigenvalue weighted by molar-refractivity contribution is 5.60.